The number of rotatable bonds is 2. The van der Waals surface area contributed by atoms with Gasteiger partial charge in [-0.1, -0.05) is 54.1 Å². The van der Waals surface area contributed by atoms with E-state index in [0.29, 0.717) is 12.1 Å². The van der Waals surface area contributed by atoms with Gasteiger partial charge < -0.3 is 0 Å². The van der Waals surface area contributed by atoms with Gasteiger partial charge in [0.05, 0.1) is 12.1 Å². The molecule has 1 fully saturated rings. The Balaban J connectivity index is 1.82. The van der Waals surface area contributed by atoms with Crippen LogP contribution in [0.3, 0.4) is 0 Å². The Hall–Kier alpha value is -1.31. The molecule has 0 aromatic heterocycles. The zero-order valence-electron chi connectivity index (χ0n) is 8.73. The van der Waals surface area contributed by atoms with Gasteiger partial charge >= 0.3 is 0 Å². The van der Waals surface area contributed by atoms with Crippen LogP contribution in [-0.4, -0.2) is 0 Å². The minimum atomic E-state index is 0.418. The van der Waals surface area contributed by atoms with Crippen molar-refractivity contribution < 1.29 is 0 Å². The average molecular weight is 230 g/mol. The summed E-state index contributed by atoms with van der Waals surface area (Å²) in [6.07, 6.45) is 0. The second-order valence-electron chi connectivity index (χ2n) is 4.09. The molecule has 0 spiro atoms. The van der Waals surface area contributed by atoms with E-state index in [1.54, 1.807) is 0 Å². The maximum atomic E-state index is 5.98. The highest BCUT2D eigenvalue weighted by molar-refractivity contribution is 6.30. The van der Waals surface area contributed by atoms with Gasteiger partial charge in [-0.25, -0.2) is 0 Å². The standard InChI is InChI=1S/C14H12ClN/c15-12-8-4-7-11(9-12)14-13(16-14)10-5-2-1-3-6-10/h1-9,13-14,16H/t13-,14+/m1/s1. The molecule has 1 aliphatic rings. The molecule has 2 aromatic carbocycles. The fourth-order valence-electron chi connectivity index (χ4n) is 2.08. The zero-order chi connectivity index (χ0) is 11.0. The summed E-state index contributed by atoms with van der Waals surface area (Å²) in [6.45, 7) is 0. The summed E-state index contributed by atoms with van der Waals surface area (Å²) in [5.41, 5.74) is 2.61. The van der Waals surface area contributed by atoms with Crippen molar-refractivity contribution in [2.45, 2.75) is 12.1 Å². The summed E-state index contributed by atoms with van der Waals surface area (Å²) >= 11 is 5.98. The Labute approximate surface area is 100 Å². The number of hydrogen-bond donors (Lipinski definition) is 1. The van der Waals surface area contributed by atoms with Crippen molar-refractivity contribution in [3.8, 4) is 0 Å². The van der Waals surface area contributed by atoms with E-state index in [4.69, 9.17) is 11.6 Å². The summed E-state index contributed by atoms with van der Waals surface area (Å²) < 4.78 is 0. The predicted molar refractivity (Wildman–Crippen MR) is 66.5 cm³/mol. The van der Waals surface area contributed by atoms with E-state index < -0.39 is 0 Å². The monoisotopic (exact) mass is 229 g/mol. The van der Waals surface area contributed by atoms with Crippen LogP contribution in [0.5, 0.6) is 0 Å². The first kappa shape index (κ1) is 9.88. The van der Waals surface area contributed by atoms with Gasteiger partial charge in [0.1, 0.15) is 0 Å². The molecule has 0 aliphatic carbocycles. The molecule has 1 aliphatic heterocycles. The Bertz CT molecular complexity index is 495. The molecule has 2 aromatic rings. The molecule has 3 rings (SSSR count). The van der Waals surface area contributed by atoms with Crippen LogP contribution in [0.4, 0.5) is 0 Å². The van der Waals surface area contributed by atoms with Gasteiger partial charge in [0.15, 0.2) is 0 Å². The van der Waals surface area contributed by atoms with Crippen LogP contribution in [0.15, 0.2) is 54.6 Å². The summed E-state index contributed by atoms with van der Waals surface area (Å²) in [5.74, 6) is 0. The quantitative estimate of drug-likeness (QED) is 0.779. The first-order valence-electron chi connectivity index (χ1n) is 5.41. The fourth-order valence-corrected chi connectivity index (χ4v) is 2.27. The summed E-state index contributed by atoms with van der Waals surface area (Å²) in [7, 11) is 0. The van der Waals surface area contributed by atoms with E-state index in [2.05, 4.69) is 35.6 Å². The van der Waals surface area contributed by atoms with E-state index in [9.17, 15) is 0 Å². The van der Waals surface area contributed by atoms with E-state index in [1.807, 2.05) is 24.3 Å². The van der Waals surface area contributed by atoms with Gasteiger partial charge in [0.2, 0.25) is 0 Å². The van der Waals surface area contributed by atoms with Crippen molar-refractivity contribution in [1.82, 2.24) is 5.32 Å². The van der Waals surface area contributed by atoms with Gasteiger partial charge in [-0.3, -0.25) is 5.32 Å². The maximum absolute atomic E-state index is 5.98. The maximum Gasteiger partial charge on any atom is 0.0524 e. The van der Waals surface area contributed by atoms with Gasteiger partial charge in [-0.15, -0.1) is 0 Å². The molecule has 0 saturated carbocycles. The molecule has 2 heteroatoms. The van der Waals surface area contributed by atoms with Crippen molar-refractivity contribution in [2.24, 2.45) is 0 Å². The van der Waals surface area contributed by atoms with Crippen LogP contribution in [0.2, 0.25) is 5.02 Å². The van der Waals surface area contributed by atoms with E-state index in [-0.39, 0.29) is 0 Å². The first-order chi connectivity index (χ1) is 7.84. The molecule has 1 saturated heterocycles. The van der Waals surface area contributed by atoms with Crippen molar-refractivity contribution >= 4 is 11.6 Å². The number of benzene rings is 2. The third kappa shape index (κ3) is 1.84. The van der Waals surface area contributed by atoms with Gasteiger partial charge in [-0.05, 0) is 23.3 Å². The van der Waals surface area contributed by atoms with Crippen LogP contribution >= 0.6 is 11.6 Å². The van der Waals surface area contributed by atoms with Crippen molar-refractivity contribution in [3.05, 3.63) is 70.7 Å². The van der Waals surface area contributed by atoms with Crippen LogP contribution in [0, 0.1) is 0 Å². The third-order valence-electron chi connectivity index (χ3n) is 2.95. The smallest absolute Gasteiger partial charge is 0.0524 e. The Kier molecular flexibility index (Phi) is 2.43. The third-order valence-corrected chi connectivity index (χ3v) is 3.18. The molecular formula is C14H12ClN. The summed E-state index contributed by atoms with van der Waals surface area (Å²) in [5, 5.41) is 4.27. The highest BCUT2D eigenvalue weighted by atomic mass is 35.5. The second kappa shape index (κ2) is 3.93. The van der Waals surface area contributed by atoms with Crippen molar-refractivity contribution in [2.75, 3.05) is 0 Å². The van der Waals surface area contributed by atoms with Crippen LogP contribution in [-0.2, 0) is 0 Å². The van der Waals surface area contributed by atoms with Crippen molar-refractivity contribution in [1.29, 1.82) is 0 Å². The Morgan fingerprint density at radius 3 is 2.25 bits per heavy atom. The number of hydrogen-bond acceptors (Lipinski definition) is 1. The molecule has 16 heavy (non-hydrogen) atoms. The topological polar surface area (TPSA) is 21.9 Å². The molecule has 0 radical (unpaired) electrons. The van der Waals surface area contributed by atoms with Crippen LogP contribution in [0.25, 0.3) is 0 Å². The van der Waals surface area contributed by atoms with Crippen molar-refractivity contribution in [3.63, 3.8) is 0 Å². The molecular weight excluding hydrogens is 218 g/mol. The molecule has 1 nitrogen and oxygen atoms in total. The predicted octanol–water partition coefficient (Wildman–Crippen LogP) is 3.73. The number of halogens is 1. The molecule has 0 bridgehead atoms. The number of nitrogens with one attached hydrogen (secondary N) is 1. The largest absolute Gasteiger partial charge is 0.300 e. The zero-order valence-corrected chi connectivity index (χ0v) is 9.48. The van der Waals surface area contributed by atoms with E-state index >= 15 is 0 Å². The molecule has 1 heterocycles. The fraction of sp³-hybridized carbons (Fsp3) is 0.143. The van der Waals surface area contributed by atoms with Gasteiger partial charge in [0.25, 0.3) is 0 Å². The molecule has 0 amide bonds. The lowest BCUT2D eigenvalue weighted by Gasteiger charge is -1.99. The van der Waals surface area contributed by atoms with Gasteiger partial charge in [0, 0.05) is 5.02 Å². The minimum absolute atomic E-state index is 0.418. The lowest BCUT2D eigenvalue weighted by atomic mass is 10.0. The molecule has 0 unspecified atom stereocenters. The molecule has 2 atom stereocenters. The summed E-state index contributed by atoms with van der Waals surface area (Å²) in [6, 6.07) is 19.4. The normalized spacial score (nSPS) is 23.1. The SMILES string of the molecule is Clc1cccc([C@@H]2N[C@@H]2c2ccccc2)c1. The van der Waals surface area contributed by atoms with Gasteiger partial charge in [-0.2, -0.15) is 0 Å². The average Bonchev–Trinajstić information content (AvgIpc) is 3.10. The highest BCUT2D eigenvalue weighted by Crippen LogP contribution is 2.42. The Morgan fingerprint density at radius 1 is 0.812 bits per heavy atom. The van der Waals surface area contributed by atoms with E-state index in [0.717, 1.165) is 5.02 Å². The lowest BCUT2D eigenvalue weighted by molar-refractivity contribution is 1.03. The first-order valence-corrected chi connectivity index (χ1v) is 5.79. The highest BCUT2D eigenvalue weighted by Gasteiger charge is 2.38. The Morgan fingerprint density at radius 2 is 1.50 bits per heavy atom. The van der Waals surface area contributed by atoms with Crippen LogP contribution in [0.1, 0.15) is 23.2 Å². The van der Waals surface area contributed by atoms with Crippen LogP contribution < -0.4 is 5.32 Å². The lowest BCUT2D eigenvalue weighted by Crippen LogP contribution is -1.83. The van der Waals surface area contributed by atoms with E-state index in [1.165, 1.54) is 11.1 Å². The molecule has 1 N–H and O–H groups in total. The summed E-state index contributed by atoms with van der Waals surface area (Å²) in [4.78, 5) is 0. The second-order valence-corrected chi connectivity index (χ2v) is 4.52. The molecule has 80 valence electrons. The minimum Gasteiger partial charge on any atom is -0.300 e.